The zero-order chi connectivity index (χ0) is 11.1. The highest BCUT2D eigenvalue weighted by Crippen LogP contribution is 2.27. The maximum Gasteiger partial charge on any atom is 0.161 e. The lowest BCUT2D eigenvalue weighted by Gasteiger charge is -2.07. The van der Waals surface area contributed by atoms with Gasteiger partial charge in [0.1, 0.15) is 0 Å². The fourth-order valence-electron chi connectivity index (χ4n) is 1.28. The molecule has 4 heteroatoms. The number of para-hydroxylation sites is 1. The van der Waals surface area contributed by atoms with Crippen molar-refractivity contribution in [3.8, 4) is 11.5 Å². The first-order valence-corrected chi connectivity index (χ1v) is 4.95. The third-order valence-electron chi connectivity index (χ3n) is 2.12. The van der Waals surface area contributed by atoms with Crippen LogP contribution in [0.1, 0.15) is 12.0 Å². The van der Waals surface area contributed by atoms with Crippen LogP contribution in [0.2, 0.25) is 0 Å². The van der Waals surface area contributed by atoms with Crippen LogP contribution in [0.5, 0.6) is 11.5 Å². The van der Waals surface area contributed by atoms with Crippen molar-refractivity contribution in [1.29, 1.82) is 0 Å². The number of aromatic hydroxyl groups is 2. The van der Waals surface area contributed by atoms with Crippen LogP contribution in [-0.2, 0) is 11.3 Å². The van der Waals surface area contributed by atoms with Gasteiger partial charge in [-0.25, -0.2) is 0 Å². The van der Waals surface area contributed by atoms with Crippen LogP contribution in [0.15, 0.2) is 18.2 Å². The van der Waals surface area contributed by atoms with Crippen molar-refractivity contribution in [3.05, 3.63) is 23.8 Å². The highest BCUT2D eigenvalue weighted by molar-refractivity contribution is 5.44. The number of hydrogen-bond acceptors (Lipinski definition) is 4. The van der Waals surface area contributed by atoms with Crippen LogP contribution < -0.4 is 5.32 Å². The molecule has 0 aromatic heterocycles. The van der Waals surface area contributed by atoms with Crippen molar-refractivity contribution >= 4 is 0 Å². The Morgan fingerprint density at radius 1 is 1.33 bits per heavy atom. The number of methoxy groups -OCH3 is 1. The van der Waals surface area contributed by atoms with Gasteiger partial charge in [-0.15, -0.1) is 0 Å². The molecular formula is C11H17NO3. The second kappa shape index (κ2) is 6.27. The molecule has 15 heavy (non-hydrogen) atoms. The van der Waals surface area contributed by atoms with E-state index in [1.165, 1.54) is 6.07 Å². The van der Waals surface area contributed by atoms with Crippen LogP contribution in [0, 0.1) is 0 Å². The monoisotopic (exact) mass is 211 g/mol. The maximum absolute atomic E-state index is 9.49. The van der Waals surface area contributed by atoms with E-state index in [1.54, 1.807) is 19.2 Å². The van der Waals surface area contributed by atoms with E-state index < -0.39 is 0 Å². The van der Waals surface area contributed by atoms with Crippen LogP contribution >= 0.6 is 0 Å². The molecular weight excluding hydrogens is 194 g/mol. The molecule has 0 aliphatic carbocycles. The third kappa shape index (κ3) is 3.77. The Labute approximate surface area is 89.5 Å². The number of phenols is 2. The number of phenolic OH excluding ortho intramolecular Hbond substituents is 2. The minimum atomic E-state index is -0.0776. The molecule has 0 aliphatic rings. The minimum Gasteiger partial charge on any atom is -0.504 e. The van der Waals surface area contributed by atoms with Gasteiger partial charge in [-0.2, -0.15) is 0 Å². The summed E-state index contributed by atoms with van der Waals surface area (Å²) in [5, 5.41) is 21.9. The summed E-state index contributed by atoms with van der Waals surface area (Å²) in [5.41, 5.74) is 0.701. The van der Waals surface area contributed by atoms with Crippen molar-refractivity contribution in [1.82, 2.24) is 5.32 Å². The van der Waals surface area contributed by atoms with Crippen LogP contribution in [0.3, 0.4) is 0 Å². The Hall–Kier alpha value is -1.26. The van der Waals surface area contributed by atoms with Crippen molar-refractivity contribution in [2.45, 2.75) is 13.0 Å². The Bertz CT molecular complexity index is 302. The maximum atomic E-state index is 9.49. The van der Waals surface area contributed by atoms with Gasteiger partial charge in [-0.05, 0) is 19.0 Å². The Morgan fingerprint density at radius 3 is 2.87 bits per heavy atom. The molecule has 0 aliphatic heterocycles. The molecule has 0 unspecified atom stereocenters. The predicted molar refractivity (Wildman–Crippen MR) is 58.0 cm³/mol. The van der Waals surface area contributed by atoms with Gasteiger partial charge in [-0.3, -0.25) is 0 Å². The molecule has 84 valence electrons. The number of ether oxygens (including phenoxy) is 1. The second-order valence-electron chi connectivity index (χ2n) is 3.31. The van der Waals surface area contributed by atoms with Crippen molar-refractivity contribution in [2.24, 2.45) is 0 Å². The van der Waals surface area contributed by atoms with Crippen LogP contribution in [-0.4, -0.2) is 30.5 Å². The Balaban J connectivity index is 2.34. The standard InChI is InChI=1S/C11H17NO3/c1-15-7-3-6-12-8-9-4-2-5-10(13)11(9)14/h2,4-5,12-14H,3,6-8H2,1H3. The van der Waals surface area contributed by atoms with Crippen molar-refractivity contribution < 1.29 is 14.9 Å². The molecule has 4 nitrogen and oxygen atoms in total. The van der Waals surface area contributed by atoms with Gasteiger partial charge in [0.15, 0.2) is 11.5 Å². The average molecular weight is 211 g/mol. The highest BCUT2D eigenvalue weighted by atomic mass is 16.5. The SMILES string of the molecule is COCCCNCc1cccc(O)c1O. The fraction of sp³-hybridized carbons (Fsp3) is 0.455. The van der Waals surface area contributed by atoms with Crippen molar-refractivity contribution in [2.75, 3.05) is 20.3 Å². The summed E-state index contributed by atoms with van der Waals surface area (Å²) in [7, 11) is 1.67. The normalized spacial score (nSPS) is 10.5. The third-order valence-corrected chi connectivity index (χ3v) is 2.12. The molecule has 0 amide bonds. The Kier molecular flexibility index (Phi) is 4.93. The predicted octanol–water partition coefficient (Wildman–Crippen LogP) is 1.22. The lowest BCUT2D eigenvalue weighted by atomic mass is 10.2. The molecule has 1 rings (SSSR count). The molecule has 0 saturated carbocycles. The summed E-state index contributed by atoms with van der Waals surface area (Å²) < 4.78 is 4.91. The number of nitrogens with one attached hydrogen (secondary N) is 1. The molecule has 0 bridgehead atoms. The first kappa shape index (κ1) is 11.8. The molecule has 0 fully saturated rings. The van der Waals surface area contributed by atoms with E-state index >= 15 is 0 Å². The topological polar surface area (TPSA) is 61.7 Å². The quantitative estimate of drug-likeness (QED) is 0.489. The summed E-state index contributed by atoms with van der Waals surface area (Å²) in [6.45, 7) is 2.09. The van der Waals surface area contributed by atoms with E-state index in [-0.39, 0.29) is 11.5 Å². The average Bonchev–Trinajstić information content (AvgIpc) is 2.24. The van der Waals surface area contributed by atoms with E-state index in [2.05, 4.69) is 5.32 Å². The molecule has 1 aromatic rings. The molecule has 0 heterocycles. The smallest absolute Gasteiger partial charge is 0.161 e. The molecule has 3 N–H and O–H groups in total. The van der Waals surface area contributed by atoms with E-state index in [0.29, 0.717) is 12.1 Å². The number of hydrogen-bond donors (Lipinski definition) is 3. The van der Waals surface area contributed by atoms with E-state index in [4.69, 9.17) is 4.74 Å². The van der Waals surface area contributed by atoms with E-state index in [1.807, 2.05) is 0 Å². The minimum absolute atomic E-state index is 0.0447. The van der Waals surface area contributed by atoms with Gasteiger partial charge < -0.3 is 20.3 Å². The van der Waals surface area contributed by atoms with Gasteiger partial charge in [-0.1, -0.05) is 12.1 Å². The summed E-state index contributed by atoms with van der Waals surface area (Å²) in [5.74, 6) is -0.122. The van der Waals surface area contributed by atoms with Crippen molar-refractivity contribution in [3.63, 3.8) is 0 Å². The summed E-state index contributed by atoms with van der Waals surface area (Å²) in [4.78, 5) is 0. The zero-order valence-corrected chi connectivity index (χ0v) is 8.86. The van der Waals surface area contributed by atoms with Crippen LogP contribution in [0.4, 0.5) is 0 Å². The zero-order valence-electron chi connectivity index (χ0n) is 8.86. The summed E-state index contributed by atoms with van der Waals surface area (Å²) in [6.07, 6.45) is 0.927. The lowest BCUT2D eigenvalue weighted by molar-refractivity contribution is 0.194. The fourth-order valence-corrected chi connectivity index (χ4v) is 1.28. The van der Waals surface area contributed by atoms with Crippen LogP contribution in [0.25, 0.3) is 0 Å². The lowest BCUT2D eigenvalue weighted by Crippen LogP contribution is -2.16. The van der Waals surface area contributed by atoms with Gasteiger partial charge in [0.25, 0.3) is 0 Å². The number of benzene rings is 1. The summed E-state index contributed by atoms with van der Waals surface area (Å²) in [6, 6.07) is 4.95. The number of rotatable bonds is 6. The molecule has 0 atom stereocenters. The van der Waals surface area contributed by atoms with E-state index in [9.17, 15) is 10.2 Å². The van der Waals surface area contributed by atoms with Gasteiger partial charge in [0.05, 0.1) is 0 Å². The van der Waals surface area contributed by atoms with Gasteiger partial charge >= 0.3 is 0 Å². The first-order chi connectivity index (χ1) is 7.25. The van der Waals surface area contributed by atoms with E-state index in [0.717, 1.165) is 19.6 Å². The summed E-state index contributed by atoms with van der Waals surface area (Å²) >= 11 is 0. The molecule has 0 saturated heterocycles. The largest absolute Gasteiger partial charge is 0.504 e. The highest BCUT2D eigenvalue weighted by Gasteiger charge is 2.04. The second-order valence-corrected chi connectivity index (χ2v) is 3.31. The Morgan fingerprint density at radius 2 is 2.13 bits per heavy atom. The van der Waals surface area contributed by atoms with Gasteiger partial charge in [0.2, 0.25) is 0 Å². The first-order valence-electron chi connectivity index (χ1n) is 4.95. The van der Waals surface area contributed by atoms with Gasteiger partial charge in [0, 0.05) is 25.8 Å². The molecule has 1 aromatic carbocycles. The molecule has 0 spiro atoms. The molecule has 0 radical (unpaired) electrons.